The first-order valence-corrected chi connectivity index (χ1v) is 6.24. The minimum absolute atomic E-state index is 0.0189. The predicted molar refractivity (Wildman–Crippen MR) is 64.8 cm³/mol. The van der Waals surface area contributed by atoms with Crippen molar-refractivity contribution in [3.05, 3.63) is 29.6 Å². The average molecular weight is 249 g/mol. The molecule has 0 spiro atoms. The molecule has 0 N–H and O–H groups in total. The molecule has 1 aromatic carbocycles. The van der Waals surface area contributed by atoms with Gasteiger partial charge in [0.1, 0.15) is 23.2 Å². The summed E-state index contributed by atoms with van der Waals surface area (Å²) in [5.74, 6) is -0.209. The van der Waals surface area contributed by atoms with E-state index in [-0.39, 0.29) is 5.56 Å². The Labute approximate surface area is 106 Å². The van der Waals surface area contributed by atoms with Crippen molar-refractivity contribution in [1.29, 1.82) is 5.26 Å². The lowest BCUT2D eigenvalue weighted by atomic mass is 10.1. The zero-order valence-electron chi connectivity index (χ0n) is 10.2. The van der Waals surface area contributed by atoms with E-state index in [1.807, 2.05) is 6.07 Å². The van der Waals surface area contributed by atoms with E-state index in [1.165, 1.54) is 6.07 Å². The lowest BCUT2D eigenvalue weighted by Gasteiger charge is -2.10. The van der Waals surface area contributed by atoms with E-state index in [0.717, 1.165) is 32.3 Å². The fourth-order valence-electron chi connectivity index (χ4n) is 2.10. The molecule has 1 aromatic rings. The van der Waals surface area contributed by atoms with Crippen LogP contribution in [0.3, 0.4) is 0 Å². The van der Waals surface area contributed by atoms with Crippen molar-refractivity contribution < 1.29 is 13.9 Å². The van der Waals surface area contributed by atoms with E-state index in [2.05, 4.69) is 0 Å². The van der Waals surface area contributed by atoms with Crippen molar-refractivity contribution in [2.45, 2.75) is 31.8 Å². The Balaban J connectivity index is 1.79. The van der Waals surface area contributed by atoms with Crippen molar-refractivity contribution in [3.63, 3.8) is 0 Å². The molecule has 1 fully saturated rings. The van der Waals surface area contributed by atoms with E-state index in [0.29, 0.717) is 18.5 Å². The van der Waals surface area contributed by atoms with Crippen LogP contribution in [0.5, 0.6) is 5.75 Å². The zero-order valence-corrected chi connectivity index (χ0v) is 10.2. The Morgan fingerprint density at radius 2 is 2.39 bits per heavy atom. The highest BCUT2D eigenvalue weighted by Crippen LogP contribution is 2.21. The van der Waals surface area contributed by atoms with Gasteiger partial charge in [0, 0.05) is 6.61 Å². The highest BCUT2D eigenvalue weighted by molar-refractivity contribution is 5.43. The smallest absolute Gasteiger partial charge is 0.144 e. The third-order valence-corrected chi connectivity index (χ3v) is 3.04. The van der Waals surface area contributed by atoms with E-state index < -0.39 is 5.82 Å². The molecule has 0 bridgehead atoms. The number of rotatable bonds is 5. The maximum absolute atomic E-state index is 13.3. The Hall–Kier alpha value is -1.60. The van der Waals surface area contributed by atoms with Crippen LogP contribution in [0.25, 0.3) is 0 Å². The van der Waals surface area contributed by atoms with Crippen molar-refractivity contribution in [2.24, 2.45) is 0 Å². The molecule has 0 saturated carbocycles. The van der Waals surface area contributed by atoms with Crippen LogP contribution in [0, 0.1) is 17.1 Å². The summed E-state index contributed by atoms with van der Waals surface area (Å²) in [5.41, 5.74) is -0.0189. The molecule has 1 aliphatic rings. The first kappa shape index (κ1) is 12.8. The van der Waals surface area contributed by atoms with Gasteiger partial charge in [-0.3, -0.25) is 0 Å². The van der Waals surface area contributed by atoms with E-state index in [1.54, 1.807) is 12.1 Å². The minimum Gasteiger partial charge on any atom is -0.492 e. The molecule has 4 heteroatoms. The minimum atomic E-state index is -0.533. The van der Waals surface area contributed by atoms with Crippen LogP contribution in [-0.4, -0.2) is 19.3 Å². The Bertz CT molecular complexity index is 436. The fourth-order valence-corrected chi connectivity index (χ4v) is 2.10. The normalized spacial score (nSPS) is 18.6. The fraction of sp³-hybridized carbons (Fsp3) is 0.500. The van der Waals surface area contributed by atoms with Crippen LogP contribution < -0.4 is 4.74 Å². The number of ether oxygens (including phenoxy) is 2. The molecule has 1 unspecified atom stereocenters. The van der Waals surface area contributed by atoms with Crippen molar-refractivity contribution in [1.82, 2.24) is 0 Å². The zero-order chi connectivity index (χ0) is 12.8. The summed E-state index contributed by atoms with van der Waals surface area (Å²) in [4.78, 5) is 0. The van der Waals surface area contributed by atoms with Crippen LogP contribution in [-0.2, 0) is 4.74 Å². The third kappa shape index (κ3) is 3.21. The predicted octanol–water partition coefficient (Wildman–Crippen LogP) is 3.04. The van der Waals surface area contributed by atoms with Gasteiger partial charge in [-0.05, 0) is 37.8 Å². The van der Waals surface area contributed by atoms with E-state index >= 15 is 0 Å². The van der Waals surface area contributed by atoms with Crippen LogP contribution in [0.15, 0.2) is 18.2 Å². The highest BCUT2D eigenvalue weighted by atomic mass is 19.1. The average Bonchev–Trinajstić information content (AvgIpc) is 2.88. The standard InChI is InChI=1S/C14H16FNO2/c15-13-6-1-7-14(12(13)10-16)18-9-3-5-11-4-2-8-17-11/h1,6-7,11H,2-5,8-9H2. The largest absolute Gasteiger partial charge is 0.492 e. The summed E-state index contributed by atoms with van der Waals surface area (Å²) in [6.45, 7) is 1.34. The summed E-state index contributed by atoms with van der Waals surface area (Å²) in [5, 5.41) is 8.84. The molecule has 0 aliphatic carbocycles. The quantitative estimate of drug-likeness (QED) is 0.753. The number of hydrogen-bond donors (Lipinski definition) is 0. The Kier molecular flexibility index (Phi) is 4.54. The first-order valence-electron chi connectivity index (χ1n) is 6.24. The van der Waals surface area contributed by atoms with Gasteiger partial charge in [-0.2, -0.15) is 5.26 Å². The van der Waals surface area contributed by atoms with E-state index in [9.17, 15) is 4.39 Å². The number of halogens is 1. The monoisotopic (exact) mass is 249 g/mol. The second kappa shape index (κ2) is 6.36. The highest BCUT2D eigenvalue weighted by Gasteiger charge is 2.15. The maximum atomic E-state index is 13.3. The molecule has 96 valence electrons. The van der Waals surface area contributed by atoms with Crippen LogP contribution >= 0.6 is 0 Å². The SMILES string of the molecule is N#Cc1c(F)cccc1OCCCC1CCCO1. The Morgan fingerprint density at radius 3 is 3.11 bits per heavy atom. The van der Waals surface area contributed by atoms with Crippen LogP contribution in [0.4, 0.5) is 4.39 Å². The second-order valence-corrected chi connectivity index (χ2v) is 4.35. The van der Waals surface area contributed by atoms with Gasteiger partial charge in [-0.25, -0.2) is 4.39 Å². The van der Waals surface area contributed by atoms with Gasteiger partial charge in [0.2, 0.25) is 0 Å². The second-order valence-electron chi connectivity index (χ2n) is 4.35. The molecular formula is C14H16FNO2. The van der Waals surface area contributed by atoms with Gasteiger partial charge in [0.05, 0.1) is 12.7 Å². The number of benzene rings is 1. The van der Waals surface area contributed by atoms with Crippen molar-refractivity contribution in [2.75, 3.05) is 13.2 Å². The van der Waals surface area contributed by atoms with Crippen molar-refractivity contribution in [3.8, 4) is 11.8 Å². The molecule has 3 nitrogen and oxygen atoms in total. The topological polar surface area (TPSA) is 42.2 Å². The molecule has 1 heterocycles. The van der Waals surface area contributed by atoms with Gasteiger partial charge in [-0.1, -0.05) is 6.07 Å². The molecule has 0 aromatic heterocycles. The lowest BCUT2D eigenvalue weighted by molar-refractivity contribution is 0.0981. The maximum Gasteiger partial charge on any atom is 0.144 e. The number of nitrogens with zero attached hydrogens (tertiary/aromatic N) is 1. The van der Waals surface area contributed by atoms with Gasteiger partial charge in [-0.15, -0.1) is 0 Å². The van der Waals surface area contributed by atoms with E-state index in [4.69, 9.17) is 14.7 Å². The van der Waals surface area contributed by atoms with Crippen LogP contribution in [0.1, 0.15) is 31.2 Å². The number of nitriles is 1. The Morgan fingerprint density at radius 1 is 1.50 bits per heavy atom. The molecule has 0 amide bonds. The van der Waals surface area contributed by atoms with Crippen LogP contribution in [0.2, 0.25) is 0 Å². The van der Waals surface area contributed by atoms with Crippen molar-refractivity contribution >= 4 is 0 Å². The molecule has 1 saturated heterocycles. The molecule has 0 radical (unpaired) electrons. The summed E-state index contributed by atoms with van der Waals surface area (Å²) in [7, 11) is 0. The molecule has 1 atom stereocenters. The number of hydrogen-bond acceptors (Lipinski definition) is 3. The lowest BCUT2D eigenvalue weighted by Crippen LogP contribution is -2.08. The van der Waals surface area contributed by atoms with Gasteiger partial charge >= 0.3 is 0 Å². The summed E-state index contributed by atoms with van der Waals surface area (Å²) in [6, 6.07) is 6.25. The summed E-state index contributed by atoms with van der Waals surface area (Å²) < 4.78 is 24.2. The molecular weight excluding hydrogens is 233 g/mol. The van der Waals surface area contributed by atoms with Gasteiger partial charge in [0.25, 0.3) is 0 Å². The third-order valence-electron chi connectivity index (χ3n) is 3.04. The summed E-state index contributed by atoms with van der Waals surface area (Å²) >= 11 is 0. The van der Waals surface area contributed by atoms with Gasteiger partial charge < -0.3 is 9.47 Å². The van der Waals surface area contributed by atoms with Gasteiger partial charge in [0.15, 0.2) is 0 Å². The molecule has 1 aliphatic heterocycles. The molecule has 2 rings (SSSR count). The first-order chi connectivity index (χ1) is 8.81. The molecule has 18 heavy (non-hydrogen) atoms. The summed E-state index contributed by atoms with van der Waals surface area (Å²) in [6.07, 6.45) is 4.40.